The smallest absolute Gasteiger partial charge is 0.416 e. The predicted octanol–water partition coefficient (Wildman–Crippen LogP) is 2.97. The second-order valence-corrected chi connectivity index (χ2v) is 4.98. The highest BCUT2D eigenvalue weighted by Crippen LogP contribution is 2.38. The Morgan fingerprint density at radius 1 is 1.29 bits per heavy atom. The average molecular weight is 299 g/mol. The fourth-order valence-electron chi connectivity index (χ4n) is 2.50. The summed E-state index contributed by atoms with van der Waals surface area (Å²) in [6, 6.07) is 5.34. The van der Waals surface area contributed by atoms with E-state index in [4.69, 9.17) is 4.74 Å². The molecule has 3 nitrogen and oxygen atoms in total. The fraction of sp³-hybridized carbons (Fsp3) is 0.400. The van der Waals surface area contributed by atoms with Gasteiger partial charge in [-0.1, -0.05) is 18.2 Å². The number of carbonyl (C=O) groups is 1. The van der Waals surface area contributed by atoms with Gasteiger partial charge in [0, 0.05) is 13.1 Å². The predicted molar refractivity (Wildman–Crippen MR) is 72.5 cm³/mol. The number of methoxy groups -OCH3 is 1. The van der Waals surface area contributed by atoms with E-state index in [1.807, 2.05) is 11.9 Å². The molecule has 0 bridgehead atoms. The van der Waals surface area contributed by atoms with Crippen LogP contribution in [0.1, 0.15) is 17.5 Å². The number of hydrogen-bond donors (Lipinski definition) is 0. The molecule has 0 fully saturated rings. The molecule has 0 N–H and O–H groups in total. The fourth-order valence-corrected chi connectivity index (χ4v) is 2.50. The second kappa shape index (κ2) is 5.89. The molecule has 21 heavy (non-hydrogen) atoms. The molecule has 0 radical (unpaired) electrons. The SMILES string of the molecule is COC(=O)C1=C(c2ccccc2C(F)(F)F)CCN(C)C1. The van der Waals surface area contributed by atoms with Gasteiger partial charge >= 0.3 is 12.1 Å². The number of ether oxygens (including phenoxy) is 1. The summed E-state index contributed by atoms with van der Waals surface area (Å²) in [5.41, 5.74) is 0.0697. The van der Waals surface area contributed by atoms with E-state index in [1.54, 1.807) is 6.07 Å². The van der Waals surface area contributed by atoms with Gasteiger partial charge in [-0.25, -0.2) is 4.79 Å². The minimum atomic E-state index is -4.45. The van der Waals surface area contributed by atoms with E-state index < -0.39 is 17.7 Å². The van der Waals surface area contributed by atoms with Crippen LogP contribution >= 0.6 is 0 Å². The highest BCUT2D eigenvalue weighted by molar-refractivity contribution is 5.99. The highest BCUT2D eigenvalue weighted by Gasteiger charge is 2.35. The Morgan fingerprint density at radius 2 is 1.95 bits per heavy atom. The maximum absolute atomic E-state index is 13.1. The summed E-state index contributed by atoms with van der Waals surface area (Å²) in [6.45, 7) is 0.885. The zero-order chi connectivity index (χ0) is 15.6. The van der Waals surface area contributed by atoms with Crippen LogP contribution in [0.4, 0.5) is 13.2 Å². The van der Waals surface area contributed by atoms with E-state index >= 15 is 0 Å². The van der Waals surface area contributed by atoms with Gasteiger partial charge < -0.3 is 9.64 Å². The monoisotopic (exact) mass is 299 g/mol. The van der Waals surface area contributed by atoms with Gasteiger partial charge in [0.15, 0.2) is 0 Å². The van der Waals surface area contributed by atoms with Crippen LogP contribution in [0.25, 0.3) is 5.57 Å². The molecular formula is C15H16F3NO2. The lowest BCUT2D eigenvalue weighted by molar-refractivity contribution is -0.138. The molecule has 1 aromatic rings. The van der Waals surface area contributed by atoms with E-state index in [0.29, 0.717) is 24.1 Å². The van der Waals surface area contributed by atoms with Crippen molar-refractivity contribution >= 4 is 11.5 Å². The molecule has 0 spiro atoms. The zero-order valence-corrected chi connectivity index (χ0v) is 11.8. The van der Waals surface area contributed by atoms with Crippen molar-refractivity contribution in [2.75, 3.05) is 27.2 Å². The molecule has 1 heterocycles. The molecule has 2 rings (SSSR count). The van der Waals surface area contributed by atoms with E-state index in [0.717, 1.165) is 6.07 Å². The van der Waals surface area contributed by atoms with Crippen molar-refractivity contribution in [1.82, 2.24) is 4.90 Å². The highest BCUT2D eigenvalue weighted by atomic mass is 19.4. The molecule has 0 atom stereocenters. The minimum Gasteiger partial charge on any atom is -0.466 e. The molecule has 0 aliphatic carbocycles. The molecule has 1 aliphatic rings. The quantitative estimate of drug-likeness (QED) is 0.786. The van der Waals surface area contributed by atoms with E-state index in [1.165, 1.54) is 19.2 Å². The Hall–Kier alpha value is -1.82. The van der Waals surface area contributed by atoms with Crippen molar-refractivity contribution in [3.8, 4) is 0 Å². The Balaban J connectivity index is 2.60. The summed E-state index contributed by atoms with van der Waals surface area (Å²) in [4.78, 5) is 13.8. The van der Waals surface area contributed by atoms with Crippen LogP contribution in [-0.4, -0.2) is 38.1 Å². The van der Waals surface area contributed by atoms with Crippen LogP contribution in [0.15, 0.2) is 29.8 Å². The second-order valence-electron chi connectivity index (χ2n) is 4.98. The molecule has 0 amide bonds. The normalized spacial score (nSPS) is 17.0. The lowest BCUT2D eigenvalue weighted by Crippen LogP contribution is -2.31. The zero-order valence-electron chi connectivity index (χ0n) is 11.8. The topological polar surface area (TPSA) is 29.5 Å². The van der Waals surface area contributed by atoms with Crippen LogP contribution in [0.5, 0.6) is 0 Å². The number of hydrogen-bond acceptors (Lipinski definition) is 3. The van der Waals surface area contributed by atoms with Gasteiger partial charge in [0.1, 0.15) is 0 Å². The first kappa shape index (κ1) is 15.6. The van der Waals surface area contributed by atoms with E-state index in [2.05, 4.69) is 0 Å². The van der Waals surface area contributed by atoms with Gasteiger partial charge in [0.25, 0.3) is 0 Å². The molecular weight excluding hydrogens is 283 g/mol. The maximum atomic E-state index is 13.1. The third-order valence-corrected chi connectivity index (χ3v) is 3.53. The number of carbonyl (C=O) groups excluding carboxylic acids is 1. The lowest BCUT2D eigenvalue weighted by Gasteiger charge is -2.28. The summed E-state index contributed by atoms with van der Waals surface area (Å²) in [5, 5.41) is 0. The largest absolute Gasteiger partial charge is 0.466 e. The number of likely N-dealkylation sites (N-methyl/N-ethyl adjacent to an activating group) is 1. The minimum absolute atomic E-state index is 0.0681. The van der Waals surface area contributed by atoms with Crippen molar-refractivity contribution in [2.45, 2.75) is 12.6 Å². The Kier molecular flexibility index (Phi) is 4.37. The van der Waals surface area contributed by atoms with Gasteiger partial charge in [0.2, 0.25) is 0 Å². The lowest BCUT2D eigenvalue weighted by atomic mass is 9.90. The number of rotatable bonds is 2. The summed E-state index contributed by atoms with van der Waals surface area (Å²) in [7, 11) is 3.05. The van der Waals surface area contributed by atoms with Crippen LogP contribution in [0.3, 0.4) is 0 Å². The van der Waals surface area contributed by atoms with Crippen LogP contribution in [-0.2, 0) is 15.7 Å². The standard InChI is InChI=1S/C15H16F3NO2/c1-19-8-7-10(12(9-19)14(20)21-2)11-5-3-4-6-13(11)15(16,17)18/h3-6H,7-9H2,1-2H3. The number of alkyl halides is 3. The maximum Gasteiger partial charge on any atom is 0.416 e. The van der Waals surface area contributed by atoms with Crippen LogP contribution < -0.4 is 0 Å². The summed E-state index contributed by atoms with van der Waals surface area (Å²) < 4.78 is 44.1. The van der Waals surface area contributed by atoms with Crippen molar-refractivity contribution in [3.63, 3.8) is 0 Å². The summed E-state index contributed by atoms with van der Waals surface area (Å²) >= 11 is 0. The first-order valence-corrected chi connectivity index (χ1v) is 6.50. The van der Waals surface area contributed by atoms with Crippen LogP contribution in [0, 0.1) is 0 Å². The first-order chi connectivity index (χ1) is 9.84. The molecule has 0 aromatic heterocycles. The Labute approximate surface area is 121 Å². The van der Waals surface area contributed by atoms with Crippen molar-refractivity contribution in [2.24, 2.45) is 0 Å². The summed E-state index contributed by atoms with van der Waals surface area (Å²) in [5.74, 6) is -0.575. The number of benzene rings is 1. The van der Waals surface area contributed by atoms with Gasteiger partial charge in [0.05, 0.1) is 18.2 Å². The molecule has 0 unspecified atom stereocenters. The third-order valence-electron chi connectivity index (χ3n) is 3.53. The van der Waals surface area contributed by atoms with Gasteiger partial charge in [-0.3, -0.25) is 0 Å². The molecule has 1 aromatic carbocycles. The molecule has 6 heteroatoms. The Bertz CT molecular complexity index is 579. The van der Waals surface area contributed by atoms with Crippen LogP contribution in [0.2, 0.25) is 0 Å². The first-order valence-electron chi connectivity index (χ1n) is 6.50. The number of esters is 1. The average Bonchev–Trinajstić information content (AvgIpc) is 2.45. The molecule has 0 saturated heterocycles. The van der Waals surface area contributed by atoms with Gasteiger partial charge in [-0.15, -0.1) is 0 Å². The molecule has 0 saturated carbocycles. The number of nitrogens with zero attached hydrogens (tertiary/aromatic N) is 1. The van der Waals surface area contributed by atoms with Crippen molar-refractivity contribution < 1.29 is 22.7 Å². The Morgan fingerprint density at radius 3 is 2.57 bits per heavy atom. The van der Waals surface area contributed by atoms with Gasteiger partial charge in [-0.05, 0) is 30.7 Å². The summed E-state index contributed by atoms with van der Waals surface area (Å²) in [6.07, 6.45) is -4.07. The van der Waals surface area contributed by atoms with Crippen molar-refractivity contribution in [3.05, 3.63) is 41.0 Å². The number of halogens is 3. The third kappa shape index (κ3) is 3.26. The van der Waals surface area contributed by atoms with Gasteiger partial charge in [-0.2, -0.15) is 13.2 Å². The van der Waals surface area contributed by atoms with E-state index in [-0.39, 0.29) is 12.1 Å². The van der Waals surface area contributed by atoms with Crippen molar-refractivity contribution in [1.29, 1.82) is 0 Å². The molecule has 114 valence electrons. The molecule has 1 aliphatic heterocycles. The van der Waals surface area contributed by atoms with E-state index in [9.17, 15) is 18.0 Å².